The number of ether oxygens (including phenoxy) is 2. The fraction of sp³-hybridized carbons (Fsp3) is 0.778. The highest BCUT2D eigenvalue weighted by Crippen LogP contribution is 2.04. The highest BCUT2D eigenvalue weighted by molar-refractivity contribution is 5.69. The zero-order valence-electron chi connectivity index (χ0n) is 8.62. The van der Waals surface area contributed by atoms with Gasteiger partial charge in [-0.15, -0.1) is 0 Å². The summed E-state index contributed by atoms with van der Waals surface area (Å²) in [5.41, 5.74) is 4.63. The van der Waals surface area contributed by atoms with E-state index < -0.39 is 6.09 Å². The molecule has 1 amide bonds. The molecular formula is C9H17NO4. The maximum absolute atomic E-state index is 10.2. The Bertz CT molecular complexity index is 183. The fourth-order valence-electron chi connectivity index (χ4n) is 0.862. The van der Waals surface area contributed by atoms with E-state index in [0.717, 1.165) is 12.8 Å². The van der Waals surface area contributed by atoms with Crippen LogP contribution in [-0.4, -0.2) is 24.8 Å². The summed E-state index contributed by atoms with van der Waals surface area (Å²) >= 11 is 0. The summed E-state index contributed by atoms with van der Waals surface area (Å²) in [6, 6.07) is 0. The second-order valence-electron chi connectivity index (χ2n) is 3.16. The summed E-state index contributed by atoms with van der Waals surface area (Å²) in [5.74, 6) is -0.0359. The van der Waals surface area contributed by atoms with Crippen LogP contribution in [0.4, 0.5) is 4.79 Å². The number of rotatable bonds is 1. The van der Waals surface area contributed by atoms with Gasteiger partial charge in [-0.2, -0.15) is 0 Å². The van der Waals surface area contributed by atoms with Crippen molar-refractivity contribution in [2.45, 2.75) is 39.2 Å². The van der Waals surface area contributed by atoms with Crippen LogP contribution in [0.3, 0.4) is 0 Å². The van der Waals surface area contributed by atoms with E-state index in [2.05, 4.69) is 15.2 Å². The molecule has 0 radical (unpaired) electrons. The molecule has 1 aliphatic heterocycles. The largest absolute Gasteiger partial charge is 0.466 e. The lowest BCUT2D eigenvalue weighted by molar-refractivity contribution is -0.146. The lowest BCUT2D eigenvalue weighted by Gasteiger charge is -2.08. The van der Waals surface area contributed by atoms with Crippen molar-refractivity contribution in [3.8, 4) is 0 Å². The molecule has 5 nitrogen and oxygen atoms in total. The molecule has 0 aliphatic carbocycles. The van der Waals surface area contributed by atoms with Crippen molar-refractivity contribution in [3.63, 3.8) is 0 Å². The molecule has 1 rings (SSSR count). The van der Waals surface area contributed by atoms with E-state index in [9.17, 15) is 9.59 Å². The van der Waals surface area contributed by atoms with Gasteiger partial charge in [0, 0.05) is 6.42 Å². The predicted octanol–water partition coefficient (Wildman–Crippen LogP) is 1.20. The molecule has 0 spiro atoms. The van der Waals surface area contributed by atoms with E-state index in [1.807, 2.05) is 0 Å². The number of primary amides is 1. The molecule has 0 bridgehead atoms. The maximum atomic E-state index is 10.2. The summed E-state index contributed by atoms with van der Waals surface area (Å²) in [6.45, 7) is 4.12. The maximum Gasteiger partial charge on any atom is 0.404 e. The zero-order chi connectivity index (χ0) is 11.0. The van der Waals surface area contributed by atoms with E-state index >= 15 is 0 Å². The van der Waals surface area contributed by atoms with Gasteiger partial charge in [-0.25, -0.2) is 4.79 Å². The van der Waals surface area contributed by atoms with Gasteiger partial charge in [0.25, 0.3) is 0 Å². The first-order valence-corrected chi connectivity index (χ1v) is 4.64. The Morgan fingerprint density at radius 1 is 1.50 bits per heavy atom. The zero-order valence-corrected chi connectivity index (χ0v) is 8.62. The van der Waals surface area contributed by atoms with Gasteiger partial charge in [-0.3, -0.25) is 4.79 Å². The molecule has 1 saturated heterocycles. The van der Waals surface area contributed by atoms with Crippen LogP contribution >= 0.6 is 0 Å². The van der Waals surface area contributed by atoms with Crippen molar-refractivity contribution in [1.29, 1.82) is 0 Å². The number of carbonyl (C=O) groups is 2. The van der Waals surface area contributed by atoms with Crippen LogP contribution in [0.25, 0.3) is 0 Å². The Hall–Kier alpha value is -1.26. The molecule has 0 aromatic rings. The molecule has 0 aromatic heterocycles. The lowest BCUT2D eigenvalue weighted by Crippen LogP contribution is -2.17. The third-order valence-corrected chi connectivity index (χ3v) is 1.39. The van der Waals surface area contributed by atoms with Crippen LogP contribution in [0.2, 0.25) is 0 Å². The minimum atomic E-state index is -0.713. The van der Waals surface area contributed by atoms with E-state index in [4.69, 9.17) is 0 Å². The lowest BCUT2D eigenvalue weighted by atomic mass is 10.2. The van der Waals surface area contributed by atoms with Crippen LogP contribution < -0.4 is 5.73 Å². The summed E-state index contributed by atoms with van der Waals surface area (Å²) in [4.78, 5) is 20.1. The standard InChI is InChI=1S/C5H8O2.C4H9NO2/c6-5-3-1-2-4-7-5;1-3(2)7-4(5)6/h1-4H2;3H,1-2H3,(H2,5,6). The Labute approximate surface area is 83.5 Å². The SMILES string of the molecule is CC(C)OC(N)=O.O=C1CCCCO1. The molecule has 1 heterocycles. The van der Waals surface area contributed by atoms with Gasteiger partial charge in [-0.1, -0.05) is 0 Å². The van der Waals surface area contributed by atoms with E-state index in [-0.39, 0.29) is 12.1 Å². The van der Waals surface area contributed by atoms with E-state index in [1.165, 1.54) is 0 Å². The summed E-state index contributed by atoms with van der Waals surface area (Å²) in [6.07, 6.45) is 1.87. The highest BCUT2D eigenvalue weighted by Gasteiger charge is 2.06. The summed E-state index contributed by atoms with van der Waals surface area (Å²) in [5, 5.41) is 0. The summed E-state index contributed by atoms with van der Waals surface area (Å²) < 4.78 is 9.03. The minimum Gasteiger partial charge on any atom is -0.466 e. The van der Waals surface area contributed by atoms with Crippen LogP contribution in [0.1, 0.15) is 33.1 Å². The van der Waals surface area contributed by atoms with Crippen molar-refractivity contribution in [2.75, 3.05) is 6.61 Å². The molecule has 0 unspecified atom stereocenters. The molecule has 0 atom stereocenters. The second-order valence-corrected chi connectivity index (χ2v) is 3.16. The number of carbonyl (C=O) groups excluding carboxylic acids is 2. The third-order valence-electron chi connectivity index (χ3n) is 1.39. The Morgan fingerprint density at radius 2 is 2.14 bits per heavy atom. The van der Waals surface area contributed by atoms with Crippen molar-refractivity contribution >= 4 is 12.1 Å². The fourth-order valence-corrected chi connectivity index (χ4v) is 0.862. The van der Waals surface area contributed by atoms with Gasteiger partial charge in [0.2, 0.25) is 0 Å². The van der Waals surface area contributed by atoms with Crippen molar-refractivity contribution in [3.05, 3.63) is 0 Å². The molecule has 2 N–H and O–H groups in total. The molecule has 5 heteroatoms. The van der Waals surface area contributed by atoms with Gasteiger partial charge in [0.1, 0.15) is 0 Å². The topological polar surface area (TPSA) is 78.6 Å². The smallest absolute Gasteiger partial charge is 0.404 e. The van der Waals surface area contributed by atoms with Gasteiger partial charge in [-0.05, 0) is 26.7 Å². The average Bonchev–Trinajstić information content (AvgIpc) is 2.03. The van der Waals surface area contributed by atoms with Gasteiger partial charge < -0.3 is 15.2 Å². The molecule has 0 saturated carbocycles. The van der Waals surface area contributed by atoms with E-state index in [1.54, 1.807) is 13.8 Å². The highest BCUT2D eigenvalue weighted by atomic mass is 16.6. The molecule has 1 fully saturated rings. The summed E-state index contributed by atoms with van der Waals surface area (Å²) in [7, 11) is 0. The second kappa shape index (κ2) is 7.17. The Balaban J connectivity index is 0.000000241. The predicted molar refractivity (Wildman–Crippen MR) is 50.6 cm³/mol. The monoisotopic (exact) mass is 203 g/mol. The molecule has 82 valence electrons. The first kappa shape index (κ1) is 12.7. The molecule has 0 aromatic carbocycles. The minimum absolute atomic E-state index is 0.0359. The van der Waals surface area contributed by atoms with Gasteiger partial charge >= 0.3 is 12.1 Å². The van der Waals surface area contributed by atoms with E-state index in [0.29, 0.717) is 13.0 Å². The van der Waals surface area contributed by atoms with Crippen molar-refractivity contribution in [1.82, 2.24) is 0 Å². The van der Waals surface area contributed by atoms with Gasteiger partial charge in [0.15, 0.2) is 0 Å². The van der Waals surface area contributed by atoms with Crippen molar-refractivity contribution in [2.24, 2.45) is 5.73 Å². The number of nitrogens with two attached hydrogens (primary N) is 1. The Morgan fingerprint density at radius 3 is 2.29 bits per heavy atom. The number of amides is 1. The van der Waals surface area contributed by atoms with Crippen LogP contribution in [-0.2, 0) is 14.3 Å². The Kier molecular flexibility index (Phi) is 6.53. The first-order valence-electron chi connectivity index (χ1n) is 4.64. The number of hydrogen-bond donors (Lipinski definition) is 1. The third kappa shape index (κ3) is 8.83. The molecular weight excluding hydrogens is 186 g/mol. The number of esters is 1. The average molecular weight is 203 g/mol. The van der Waals surface area contributed by atoms with Crippen LogP contribution in [0.5, 0.6) is 0 Å². The molecule has 14 heavy (non-hydrogen) atoms. The number of hydrogen-bond acceptors (Lipinski definition) is 4. The quantitative estimate of drug-likeness (QED) is 0.649. The van der Waals surface area contributed by atoms with Crippen molar-refractivity contribution < 1.29 is 19.1 Å². The van der Waals surface area contributed by atoms with Crippen LogP contribution in [0, 0.1) is 0 Å². The van der Waals surface area contributed by atoms with Gasteiger partial charge in [0.05, 0.1) is 12.7 Å². The molecule has 1 aliphatic rings. The normalized spacial score (nSPS) is 15.2. The first-order chi connectivity index (χ1) is 6.52. The van der Waals surface area contributed by atoms with Crippen LogP contribution in [0.15, 0.2) is 0 Å². The number of cyclic esters (lactones) is 1.